The number of benzene rings is 1. The lowest BCUT2D eigenvalue weighted by Gasteiger charge is -2.34. The molecule has 0 atom stereocenters. The molecule has 4 rings (SSSR count). The summed E-state index contributed by atoms with van der Waals surface area (Å²) in [5, 5.41) is 5.18. The molecule has 6 nitrogen and oxygen atoms in total. The van der Waals surface area contributed by atoms with E-state index >= 15 is 0 Å². The Hall–Kier alpha value is -2.29. The summed E-state index contributed by atoms with van der Waals surface area (Å²) in [6.07, 6.45) is -1.39. The van der Waals surface area contributed by atoms with Crippen molar-refractivity contribution in [2.75, 3.05) is 26.2 Å². The van der Waals surface area contributed by atoms with Crippen LogP contribution in [0.1, 0.15) is 33.7 Å². The van der Waals surface area contributed by atoms with Crippen LogP contribution in [0.15, 0.2) is 30.5 Å². The molecule has 2 aromatic heterocycles. The molecule has 0 bridgehead atoms. The molecule has 1 aromatic carbocycles. The van der Waals surface area contributed by atoms with Gasteiger partial charge in [0.2, 0.25) is 0 Å². The molecule has 3 aromatic rings. The topological polar surface area (TPSA) is 53.7 Å². The van der Waals surface area contributed by atoms with Gasteiger partial charge in [-0.25, -0.2) is 18.3 Å². The molecule has 0 unspecified atom stereocenters. The summed E-state index contributed by atoms with van der Waals surface area (Å²) in [5.74, 6) is -0.257. The molecule has 1 fully saturated rings. The number of aromatic nitrogens is 3. The first kappa shape index (κ1) is 21.0. The van der Waals surface area contributed by atoms with Gasteiger partial charge >= 0.3 is 0 Å². The van der Waals surface area contributed by atoms with Gasteiger partial charge in [0.15, 0.2) is 5.65 Å². The lowest BCUT2D eigenvalue weighted by molar-refractivity contribution is 0.0630. The van der Waals surface area contributed by atoms with E-state index in [2.05, 4.69) is 15.0 Å². The number of rotatable bonds is 4. The van der Waals surface area contributed by atoms with Crippen molar-refractivity contribution >= 4 is 34.8 Å². The average Bonchev–Trinajstić information content (AvgIpc) is 3.13. The summed E-state index contributed by atoms with van der Waals surface area (Å²) < 4.78 is 27.7. The molecule has 0 saturated carbocycles. The maximum Gasteiger partial charge on any atom is 0.280 e. The summed E-state index contributed by atoms with van der Waals surface area (Å²) >= 11 is 12.2. The molecular formula is C20H19Cl2F2N5O. The molecule has 1 aliphatic rings. The molecular weight excluding hydrogens is 435 g/mol. The summed E-state index contributed by atoms with van der Waals surface area (Å²) in [5.41, 5.74) is 1.50. The smallest absolute Gasteiger partial charge is 0.280 e. The van der Waals surface area contributed by atoms with Crippen LogP contribution in [-0.2, 0) is 6.54 Å². The first-order valence-corrected chi connectivity index (χ1v) is 10.2. The zero-order valence-electron chi connectivity index (χ0n) is 16.2. The maximum absolute atomic E-state index is 13.3. The fraction of sp³-hybridized carbons (Fsp3) is 0.350. The fourth-order valence-electron chi connectivity index (χ4n) is 3.59. The van der Waals surface area contributed by atoms with Crippen molar-refractivity contribution in [2.24, 2.45) is 0 Å². The Morgan fingerprint density at radius 3 is 2.57 bits per heavy atom. The number of hydrogen-bond donors (Lipinski definition) is 0. The predicted octanol–water partition coefficient (Wildman–Crippen LogP) is 4.24. The van der Waals surface area contributed by atoms with Crippen molar-refractivity contribution in [1.82, 2.24) is 24.4 Å². The zero-order valence-corrected chi connectivity index (χ0v) is 17.7. The van der Waals surface area contributed by atoms with Crippen molar-refractivity contribution in [3.8, 4) is 0 Å². The number of carbonyl (C=O) groups is 1. The van der Waals surface area contributed by atoms with Crippen LogP contribution >= 0.6 is 23.2 Å². The average molecular weight is 454 g/mol. The van der Waals surface area contributed by atoms with Gasteiger partial charge in [-0.15, -0.1) is 0 Å². The molecule has 30 heavy (non-hydrogen) atoms. The largest absolute Gasteiger partial charge is 0.336 e. The van der Waals surface area contributed by atoms with Gasteiger partial charge in [-0.05, 0) is 30.7 Å². The van der Waals surface area contributed by atoms with E-state index in [0.717, 1.165) is 10.1 Å². The number of fused-ring (bicyclic) bond motifs is 1. The van der Waals surface area contributed by atoms with E-state index in [0.29, 0.717) is 48.5 Å². The minimum atomic E-state index is -2.71. The second kappa shape index (κ2) is 8.45. The van der Waals surface area contributed by atoms with Gasteiger partial charge in [0.1, 0.15) is 11.3 Å². The van der Waals surface area contributed by atoms with E-state index in [1.807, 2.05) is 6.07 Å². The van der Waals surface area contributed by atoms with Crippen LogP contribution in [0.2, 0.25) is 10.0 Å². The SMILES string of the molecule is Cc1cc(C(F)F)n2ncc(C(=O)N3CCN(Cc4ccc(Cl)cc4Cl)CC3)c2n1. The van der Waals surface area contributed by atoms with E-state index in [9.17, 15) is 13.6 Å². The zero-order chi connectivity index (χ0) is 21.4. The first-order valence-electron chi connectivity index (χ1n) is 9.42. The molecule has 1 amide bonds. The quantitative estimate of drug-likeness (QED) is 0.592. The Morgan fingerprint density at radius 1 is 1.17 bits per heavy atom. The van der Waals surface area contributed by atoms with Crippen LogP contribution < -0.4 is 0 Å². The molecule has 1 aliphatic heterocycles. The molecule has 0 radical (unpaired) electrons. The van der Waals surface area contributed by atoms with Gasteiger partial charge < -0.3 is 4.90 Å². The summed E-state index contributed by atoms with van der Waals surface area (Å²) in [6, 6.07) is 6.69. The number of nitrogens with zero attached hydrogens (tertiary/aromatic N) is 5. The van der Waals surface area contributed by atoms with E-state index in [-0.39, 0.29) is 22.8 Å². The van der Waals surface area contributed by atoms with E-state index in [4.69, 9.17) is 23.2 Å². The van der Waals surface area contributed by atoms with Crippen LogP contribution in [0.4, 0.5) is 8.78 Å². The van der Waals surface area contributed by atoms with Crippen LogP contribution in [0, 0.1) is 6.92 Å². The van der Waals surface area contributed by atoms with E-state index in [1.54, 1.807) is 24.0 Å². The lowest BCUT2D eigenvalue weighted by Crippen LogP contribution is -2.48. The highest BCUT2D eigenvalue weighted by Gasteiger charge is 2.27. The number of halogens is 4. The second-order valence-electron chi connectivity index (χ2n) is 7.22. The summed E-state index contributed by atoms with van der Waals surface area (Å²) in [4.78, 5) is 21.2. The normalized spacial score (nSPS) is 15.3. The molecule has 158 valence electrons. The number of alkyl halides is 2. The summed E-state index contributed by atoms with van der Waals surface area (Å²) in [7, 11) is 0. The number of hydrogen-bond acceptors (Lipinski definition) is 4. The number of aryl methyl sites for hydroxylation is 1. The van der Waals surface area contributed by atoms with Crippen molar-refractivity contribution in [1.29, 1.82) is 0 Å². The first-order chi connectivity index (χ1) is 14.3. The Labute approximate surface area is 182 Å². The number of carbonyl (C=O) groups excluding carboxylic acids is 1. The van der Waals surface area contributed by atoms with Gasteiger partial charge in [0, 0.05) is 48.5 Å². The van der Waals surface area contributed by atoms with Crippen LogP contribution in [0.5, 0.6) is 0 Å². The van der Waals surface area contributed by atoms with Gasteiger partial charge in [0.25, 0.3) is 12.3 Å². The maximum atomic E-state index is 13.3. The summed E-state index contributed by atoms with van der Waals surface area (Å²) in [6.45, 7) is 4.63. The standard InChI is InChI=1S/C20H19Cl2F2N5O/c1-12-8-17(18(23)24)29-19(26-12)15(10-25-29)20(30)28-6-4-27(5-7-28)11-13-2-3-14(21)9-16(13)22/h2-3,8-10,18H,4-7,11H2,1H3. The van der Waals surface area contributed by atoms with Gasteiger partial charge in [-0.2, -0.15) is 5.10 Å². The third kappa shape index (κ3) is 4.12. The minimum absolute atomic E-state index is 0.158. The predicted molar refractivity (Wildman–Crippen MR) is 110 cm³/mol. The molecule has 0 aliphatic carbocycles. The second-order valence-corrected chi connectivity index (χ2v) is 8.06. The van der Waals surface area contributed by atoms with Crippen LogP contribution in [-0.4, -0.2) is 56.5 Å². The molecule has 1 saturated heterocycles. The highest BCUT2D eigenvalue weighted by molar-refractivity contribution is 6.35. The third-order valence-electron chi connectivity index (χ3n) is 5.15. The number of piperazine rings is 1. The van der Waals surface area contributed by atoms with Gasteiger partial charge in [-0.1, -0.05) is 29.3 Å². The Kier molecular flexibility index (Phi) is 5.90. The van der Waals surface area contributed by atoms with Crippen molar-refractivity contribution in [2.45, 2.75) is 19.9 Å². The number of amides is 1. The lowest BCUT2D eigenvalue weighted by atomic mass is 10.2. The monoisotopic (exact) mass is 453 g/mol. The molecule has 10 heteroatoms. The Balaban J connectivity index is 1.47. The van der Waals surface area contributed by atoms with E-state index < -0.39 is 6.43 Å². The minimum Gasteiger partial charge on any atom is -0.336 e. The molecule has 0 spiro atoms. The van der Waals surface area contributed by atoms with Gasteiger partial charge in [0.05, 0.1) is 6.20 Å². The molecule has 0 N–H and O–H groups in total. The van der Waals surface area contributed by atoms with E-state index in [1.165, 1.54) is 12.3 Å². The third-order valence-corrected chi connectivity index (χ3v) is 5.74. The Bertz CT molecular complexity index is 1100. The van der Waals surface area contributed by atoms with Crippen molar-refractivity contribution in [3.05, 3.63) is 63.0 Å². The Morgan fingerprint density at radius 2 is 1.90 bits per heavy atom. The highest BCUT2D eigenvalue weighted by atomic mass is 35.5. The van der Waals surface area contributed by atoms with Gasteiger partial charge in [-0.3, -0.25) is 9.69 Å². The van der Waals surface area contributed by atoms with Crippen LogP contribution in [0.3, 0.4) is 0 Å². The fourth-order valence-corrected chi connectivity index (χ4v) is 4.06. The van der Waals surface area contributed by atoms with Crippen molar-refractivity contribution in [3.63, 3.8) is 0 Å². The molecule has 3 heterocycles. The van der Waals surface area contributed by atoms with Crippen molar-refractivity contribution < 1.29 is 13.6 Å². The highest BCUT2D eigenvalue weighted by Crippen LogP contribution is 2.24. The van der Waals surface area contributed by atoms with Crippen LogP contribution in [0.25, 0.3) is 5.65 Å².